The quantitative estimate of drug-likeness (QED) is 0.753. The smallest absolute Gasteiger partial charge is 0.328 e. The van der Waals surface area contributed by atoms with Gasteiger partial charge in [-0.05, 0) is 36.8 Å². The van der Waals surface area contributed by atoms with Crippen molar-refractivity contribution in [3.8, 4) is 6.07 Å². The van der Waals surface area contributed by atoms with Gasteiger partial charge in [0.1, 0.15) is 11.1 Å². The summed E-state index contributed by atoms with van der Waals surface area (Å²) in [5, 5.41) is 8.45. The summed E-state index contributed by atoms with van der Waals surface area (Å²) in [7, 11) is -3.97. The van der Waals surface area contributed by atoms with Gasteiger partial charge < -0.3 is 4.74 Å². The summed E-state index contributed by atoms with van der Waals surface area (Å²) >= 11 is 0. The minimum atomic E-state index is -3.97. The molecule has 7 heteroatoms. The number of halogens is 1. The summed E-state index contributed by atoms with van der Waals surface area (Å²) < 4.78 is 44.4. The molecule has 0 amide bonds. The van der Waals surface area contributed by atoms with Gasteiger partial charge in [-0.25, -0.2) is 12.8 Å². The van der Waals surface area contributed by atoms with E-state index in [-0.39, 0.29) is 11.5 Å². The topological polar surface area (TPSA) is 84.2 Å². The van der Waals surface area contributed by atoms with E-state index >= 15 is 0 Å². The Kier molecular flexibility index (Phi) is 4.55. The van der Waals surface area contributed by atoms with E-state index in [1.165, 1.54) is 36.4 Å². The third kappa shape index (κ3) is 2.67. The molecule has 2 aromatic carbocycles. The molecule has 0 heterocycles. The molecule has 26 heavy (non-hydrogen) atoms. The maximum absolute atomic E-state index is 13.2. The summed E-state index contributed by atoms with van der Waals surface area (Å²) in [6.07, 6.45) is 0. The lowest BCUT2D eigenvalue weighted by atomic mass is 10.0. The molecule has 1 fully saturated rings. The zero-order chi connectivity index (χ0) is 18.9. The standard InChI is InChI=1S/C19H16FNO4S/c1-2-25-18(22)19(12-21)16(13-8-10-14(20)11-9-13)17(19)26(23,24)15-6-4-3-5-7-15/h3-11,16-17H,2H2,1H3/t16-,17+,19+/m1/s1. The molecule has 3 atom stereocenters. The Morgan fingerprint density at radius 1 is 1.19 bits per heavy atom. The molecule has 0 aliphatic heterocycles. The van der Waals surface area contributed by atoms with Gasteiger partial charge in [0.25, 0.3) is 0 Å². The van der Waals surface area contributed by atoms with E-state index in [0.717, 1.165) is 0 Å². The molecule has 1 saturated carbocycles. The summed E-state index contributed by atoms with van der Waals surface area (Å²) in [5.74, 6) is -2.28. The number of carbonyl (C=O) groups is 1. The Hall–Kier alpha value is -2.72. The number of hydrogen-bond acceptors (Lipinski definition) is 5. The second-order valence-electron chi connectivity index (χ2n) is 6.01. The fourth-order valence-corrected chi connectivity index (χ4v) is 5.58. The molecule has 1 aliphatic carbocycles. The first-order valence-corrected chi connectivity index (χ1v) is 9.57. The van der Waals surface area contributed by atoms with Crippen molar-refractivity contribution in [1.29, 1.82) is 5.26 Å². The predicted octanol–water partition coefficient (Wildman–Crippen LogP) is 2.84. The molecule has 1 aliphatic rings. The lowest BCUT2D eigenvalue weighted by Gasteiger charge is -2.09. The average Bonchev–Trinajstić information content (AvgIpc) is 3.35. The molecular formula is C19H16FNO4S. The van der Waals surface area contributed by atoms with Gasteiger partial charge in [-0.1, -0.05) is 30.3 Å². The van der Waals surface area contributed by atoms with Crippen LogP contribution in [-0.4, -0.2) is 26.2 Å². The molecule has 5 nitrogen and oxygen atoms in total. The highest BCUT2D eigenvalue weighted by atomic mass is 32.2. The zero-order valence-corrected chi connectivity index (χ0v) is 14.7. The highest BCUT2D eigenvalue weighted by Gasteiger charge is 2.77. The second kappa shape index (κ2) is 6.54. The number of carbonyl (C=O) groups excluding carboxylic acids is 1. The van der Waals surface area contributed by atoms with Crippen LogP contribution in [0, 0.1) is 22.6 Å². The van der Waals surface area contributed by atoms with E-state index in [9.17, 15) is 22.9 Å². The van der Waals surface area contributed by atoms with Crippen molar-refractivity contribution in [3.63, 3.8) is 0 Å². The number of nitriles is 1. The normalized spacial score (nSPS) is 24.5. The molecule has 0 spiro atoms. The van der Waals surface area contributed by atoms with Crippen LogP contribution < -0.4 is 0 Å². The summed E-state index contributed by atoms with van der Waals surface area (Å²) in [6.45, 7) is 1.61. The van der Waals surface area contributed by atoms with Crippen molar-refractivity contribution >= 4 is 15.8 Å². The van der Waals surface area contributed by atoms with Gasteiger partial charge >= 0.3 is 5.97 Å². The van der Waals surface area contributed by atoms with Gasteiger partial charge in [-0.2, -0.15) is 5.26 Å². The van der Waals surface area contributed by atoms with Gasteiger partial charge in [-0.15, -0.1) is 0 Å². The Morgan fingerprint density at radius 2 is 1.81 bits per heavy atom. The lowest BCUT2D eigenvalue weighted by Crippen LogP contribution is -2.25. The second-order valence-corrected chi connectivity index (χ2v) is 8.08. The van der Waals surface area contributed by atoms with E-state index in [4.69, 9.17) is 4.74 Å². The van der Waals surface area contributed by atoms with Crippen molar-refractivity contribution in [2.45, 2.75) is 23.0 Å². The third-order valence-electron chi connectivity index (χ3n) is 4.57. The van der Waals surface area contributed by atoms with E-state index in [1.807, 2.05) is 6.07 Å². The Bertz CT molecular complexity index is 967. The first-order chi connectivity index (χ1) is 12.4. The van der Waals surface area contributed by atoms with Crippen LogP contribution in [0.3, 0.4) is 0 Å². The molecule has 134 valence electrons. The van der Waals surface area contributed by atoms with Crippen molar-refractivity contribution in [1.82, 2.24) is 0 Å². The van der Waals surface area contributed by atoms with E-state index in [2.05, 4.69) is 0 Å². The lowest BCUT2D eigenvalue weighted by molar-refractivity contribution is -0.147. The average molecular weight is 373 g/mol. The number of rotatable bonds is 5. The molecule has 0 radical (unpaired) electrons. The summed E-state index contributed by atoms with van der Waals surface area (Å²) in [4.78, 5) is 12.5. The van der Waals surface area contributed by atoms with Crippen molar-refractivity contribution < 1.29 is 22.3 Å². The molecular weight excluding hydrogens is 357 g/mol. The number of sulfone groups is 1. The Labute approximate surface area is 150 Å². The molecule has 3 rings (SSSR count). The van der Waals surface area contributed by atoms with Crippen LogP contribution in [0.2, 0.25) is 0 Å². The molecule has 0 aromatic heterocycles. The highest BCUT2D eigenvalue weighted by Crippen LogP contribution is 2.64. The van der Waals surface area contributed by atoms with Crippen molar-refractivity contribution in [3.05, 3.63) is 66.0 Å². The fourth-order valence-electron chi connectivity index (χ4n) is 3.32. The molecule has 2 aromatic rings. The maximum atomic E-state index is 13.2. The van der Waals surface area contributed by atoms with Crippen LogP contribution in [0.4, 0.5) is 4.39 Å². The van der Waals surface area contributed by atoms with E-state index < -0.39 is 38.2 Å². The first kappa shape index (κ1) is 18.1. The number of benzene rings is 2. The van der Waals surface area contributed by atoms with Crippen molar-refractivity contribution in [2.75, 3.05) is 6.61 Å². The summed E-state index contributed by atoms with van der Waals surface area (Å²) in [6, 6.07) is 14.7. The van der Waals surface area contributed by atoms with Gasteiger partial charge in [0, 0.05) is 5.92 Å². The van der Waals surface area contributed by atoms with Crippen LogP contribution in [-0.2, 0) is 19.4 Å². The molecule has 0 saturated heterocycles. The van der Waals surface area contributed by atoms with Gasteiger partial charge in [0.2, 0.25) is 0 Å². The molecule has 0 N–H and O–H groups in total. The molecule has 0 unspecified atom stereocenters. The monoisotopic (exact) mass is 373 g/mol. The number of nitrogens with zero attached hydrogens (tertiary/aromatic N) is 1. The van der Waals surface area contributed by atoms with Crippen LogP contribution in [0.25, 0.3) is 0 Å². The van der Waals surface area contributed by atoms with Gasteiger partial charge in [0.05, 0.1) is 17.6 Å². The van der Waals surface area contributed by atoms with Gasteiger partial charge in [0.15, 0.2) is 15.3 Å². The highest BCUT2D eigenvalue weighted by molar-refractivity contribution is 7.92. The minimum absolute atomic E-state index is 0.0243. The van der Waals surface area contributed by atoms with E-state index in [0.29, 0.717) is 5.56 Å². The number of ether oxygens (including phenoxy) is 1. The number of esters is 1. The first-order valence-electron chi connectivity index (χ1n) is 8.02. The number of hydrogen-bond donors (Lipinski definition) is 0. The maximum Gasteiger partial charge on any atom is 0.328 e. The van der Waals surface area contributed by atoms with Crippen LogP contribution >= 0.6 is 0 Å². The minimum Gasteiger partial charge on any atom is -0.465 e. The predicted molar refractivity (Wildman–Crippen MR) is 91.2 cm³/mol. The van der Waals surface area contributed by atoms with Crippen molar-refractivity contribution in [2.24, 2.45) is 5.41 Å². The Morgan fingerprint density at radius 3 is 2.35 bits per heavy atom. The largest absolute Gasteiger partial charge is 0.465 e. The van der Waals surface area contributed by atoms with Crippen LogP contribution in [0.5, 0.6) is 0 Å². The fraction of sp³-hybridized carbons (Fsp3) is 0.263. The Balaban J connectivity index is 2.13. The SMILES string of the molecule is CCOC(=O)[C@@]1(C#N)[C@H](c2ccc(F)cc2)[C@@H]1S(=O)(=O)c1ccccc1. The van der Waals surface area contributed by atoms with Crippen LogP contribution in [0.1, 0.15) is 18.4 Å². The summed E-state index contributed by atoms with van der Waals surface area (Å²) in [5.41, 5.74) is -1.44. The van der Waals surface area contributed by atoms with E-state index in [1.54, 1.807) is 25.1 Å². The zero-order valence-electron chi connectivity index (χ0n) is 13.9. The molecule has 0 bridgehead atoms. The third-order valence-corrected chi connectivity index (χ3v) is 6.81. The van der Waals surface area contributed by atoms with Crippen LogP contribution in [0.15, 0.2) is 59.5 Å². The van der Waals surface area contributed by atoms with Gasteiger partial charge in [-0.3, -0.25) is 4.79 Å².